The highest BCUT2D eigenvalue weighted by molar-refractivity contribution is 5.89. The van der Waals surface area contributed by atoms with Gasteiger partial charge in [0.15, 0.2) is 0 Å². The molecule has 2 fully saturated rings. The number of anilines is 1. The van der Waals surface area contributed by atoms with Crippen molar-refractivity contribution in [2.75, 3.05) is 24.5 Å². The predicted octanol–water partition coefficient (Wildman–Crippen LogP) is 5.61. The third kappa shape index (κ3) is 3.30. The summed E-state index contributed by atoms with van der Waals surface area (Å²) < 4.78 is 6.00. The molecule has 2 aromatic rings. The van der Waals surface area contributed by atoms with Crippen molar-refractivity contribution in [3.63, 3.8) is 0 Å². The van der Waals surface area contributed by atoms with E-state index in [0.29, 0.717) is 11.3 Å². The fourth-order valence-corrected chi connectivity index (χ4v) is 5.68. The average molecular weight is 429 g/mol. The third-order valence-electron chi connectivity index (χ3n) is 7.73. The van der Waals surface area contributed by atoms with E-state index < -0.39 is 0 Å². The number of hydrogen-bond donors (Lipinski definition) is 1. The van der Waals surface area contributed by atoms with Crippen LogP contribution in [-0.2, 0) is 0 Å². The quantitative estimate of drug-likeness (QED) is 0.686. The van der Waals surface area contributed by atoms with E-state index in [2.05, 4.69) is 65.5 Å². The molecule has 2 aromatic heterocycles. The summed E-state index contributed by atoms with van der Waals surface area (Å²) in [6.07, 6.45) is 12.6. The van der Waals surface area contributed by atoms with Crippen LogP contribution in [0.2, 0.25) is 0 Å². The van der Waals surface area contributed by atoms with Crippen molar-refractivity contribution in [3.05, 3.63) is 64.3 Å². The van der Waals surface area contributed by atoms with Gasteiger partial charge in [-0.2, -0.15) is 0 Å². The summed E-state index contributed by atoms with van der Waals surface area (Å²) in [6.45, 7) is 9.50. The maximum atomic E-state index is 6.00. The number of allylic oxidation sites excluding steroid dienone is 4. The third-order valence-corrected chi connectivity index (χ3v) is 7.73. The maximum Gasteiger partial charge on any atom is 0.147 e. The van der Waals surface area contributed by atoms with Crippen LogP contribution in [0.25, 0.3) is 11.1 Å². The topological polar surface area (TPSA) is 54.2 Å². The minimum atomic E-state index is 0.328. The molecule has 0 bridgehead atoms. The molecule has 2 aliphatic carbocycles. The van der Waals surface area contributed by atoms with E-state index in [1.807, 2.05) is 6.20 Å². The minimum absolute atomic E-state index is 0.328. The standard InChI is InChI=1S/C27H32N4O/c1-17-4-7-22(29-14-17)31-10-8-27(9-11-31)12-21(13-27)24-25(30-32-26(24)20-5-6-20)23-18(2)15-28-16-19(23)3/h4,7,12,14-15,20,28H,5-6,8-11,13,16H2,1-3H3. The van der Waals surface area contributed by atoms with Gasteiger partial charge in [0.1, 0.15) is 17.3 Å². The average Bonchev–Trinajstić information content (AvgIpc) is 3.53. The molecular formula is C27H32N4O. The van der Waals surface area contributed by atoms with Gasteiger partial charge in [-0.05, 0) is 86.6 Å². The van der Waals surface area contributed by atoms with Gasteiger partial charge in [0, 0.05) is 49.1 Å². The van der Waals surface area contributed by atoms with E-state index in [-0.39, 0.29) is 0 Å². The fraction of sp³-hybridized carbons (Fsp3) is 0.481. The van der Waals surface area contributed by atoms with Crippen LogP contribution in [0.15, 0.2) is 46.3 Å². The van der Waals surface area contributed by atoms with Crippen LogP contribution < -0.4 is 10.2 Å². The molecular weight excluding hydrogens is 396 g/mol. The second-order valence-corrected chi connectivity index (χ2v) is 10.3. The second-order valence-electron chi connectivity index (χ2n) is 10.3. The number of aromatic nitrogens is 2. The number of dihydropyridines is 1. The fourth-order valence-electron chi connectivity index (χ4n) is 5.68. The Morgan fingerprint density at radius 3 is 2.56 bits per heavy atom. The molecule has 0 aromatic carbocycles. The smallest absolute Gasteiger partial charge is 0.147 e. The van der Waals surface area contributed by atoms with Crippen LogP contribution in [0.1, 0.15) is 74.5 Å². The van der Waals surface area contributed by atoms with Gasteiger partial charge >= 0.3 is 0 Å². The van der Waals surface area contributed by atoms with Crippen molar-refractivity contribution < 1.29 is 4.52 Å². The van der Waals surface area contributed by atoms with Gasteiger partial charge in [-0.15, -0.1) is 0 Å². The SMILES string of the molecule is CC1=CNCC(C)=C1c1noc(C2CC2)c1C1=CC2(CCN(c3ccc(C)cn3)CC2)C1. The van der Waals surface area contributed by atoms with E-state index in [9.17, 15) is 0 Å². The van der Waals surface area contributed by atoms with Gasteiger partial charge in [-0.3, -0.25) is 0 Å². The summed E-state index contributed by atoms with van der Waals surface area (Å²) in [4.78, 5) is 7.08. The summed E-state index contributed by atoms with van der Waals surface area (Å²) in [5.41, 5.74) is 9.25. The molecule has 4 heterocycles. The highest BCUT2D eigenvalue weighted by Gasteiger charge is 2.44. The molecule has 1 saturated heterocycles. The van der Waals surface area contributed by atoms with Gasteiger partial charge < -0.3 is 14.7 Å². The first-order valence-electron chi connectivity index (χ1n) is 12.0. The normalized spacial score (nSPS) is 22.4. The lowest BCUT2D eigenvalue weighted by atomic mass is 9.63. The van der Waals surface area contributed by atoms with E-state index in [1.54, 1.807) is 0 Å². The largest absolute Gasteiger partial charge is 0.387 e. The Labute approximate surface area is 190 Å². The number of rotatable bonds is 4. The highest BCUT2D eigenvalue weighted by atomic mass is 16.5. The summed E-state index contributed by atoms with van der Waals surface area (Å²) >= 11 is 0. The first-order chi connectivity index (χ1) is 15.5. The second kappa shape index (κ2) is 7.36. The number of piperidine rings is 1. The van der Waals surface area contributed by atoms with Gasteiger partial charge in [0.05, 0.1) is 0 Å². The lowest BCUT2D eigenvalue weighted by molar-refractivity contribution is 0.277. The number of nitrogens with zero attached hydrogens (tertiary/aromatic N) is 3. The molecule has 6 rings (SSSR count). The predicted molar refractivity (Wildman–Crippen MR) is 128 cm³/mol. The molecule has 166 valence electrons. The molecule has 32 heavy (non-hydrogen) atoms. The van der Waals surface area contributed by atoms with E-state index in [4.69, 9.17) is 4.52 Å². The molecule has 4 aliphatic rings. The Hall–Kier alpha value is -2.82. The lowest BCUT2D eigenvalue weighted by Crippen LogP contribution is -2.42. The zero-order chi connectivity index (χ0) is 21.9. The molecule has 1 saturated carbocycles. The van der Waals surface area contributed by atoms with Crippen molar-refractivity contribution in [1.29, 1.82) is 0 Å². The Kier molecular flexibility index (Phi) is 4.56. The molecule has 5 nitrogen and oxygen atoms in total. The van der Waals surface area contributed by atoms with Gasteiger partial charge in [-0.1, -0.05) is 17.3 Å². The summed E-state index contributed by atoms with van der Waals surface area (Å²) in [7, 11) is 0. The molecule has 0 radical (unpaired) electrons. The van der Waals surface area contributed by atoms with Gasteiger partial charge in [0.25, 0.3) is 0 Å². The van der Waals surface area contributed by atoms with Crippen LogP contribution in [-0.4, -0.2) is 29.8 Å². The number of nitrogens with one attached hydrogen (secondary N) is 1. The van der Waals surface area contributed by atoms with E-state index in [0.717, 1.165) is 43.3 Å². The zero-order valence-electron chi connectivity index (χ0n) is 19.4. The van der Waals surface area contributed by atoms with Crippen LogP contribution in [0.5, 0.6) is 0 Å². The van der Waals surface area contributed by atoms with Gasteiger partial charge in [-0.25, -0.2) is 4.98 Å². The maximum absolute atomic E-state index is 6.00. The van der Waals surface area contributed by atoms with E-state index >= 15 is 0 Å². The van der Waals surface area contributed by atoms with Crippen LogP contribution in [0.4, 0.5) is 5.82 Å². The lowest BCUT2D eigenvalue weighted by Gasteiger charge is -2.46. The monoisotopic (exact) mass is 428 g/mol. The molecule has 1 N–H and O–H groups in total. The van der Waals surface area contributed by atoms with E-state index in [1.165, 1.54) is 59.1 Å². The van der Waals surface area contributed by atoms with Crippen LogP contribution in [0, 0.1) is 12.3 Å². The van der Waals surface area contributed by atoms with Crippen molar-refractivity contribution in [1.82, 2.24) is 15.5 Å². The zero-order valence-corrected chi connectivity index (χ0v) is 19.4. The van der Waals surface area contributed by atoms with Crippen molar-refractivity contribution >= 4 is 17.0 Å². The van der Waals surface area contributed by atoms with Crippen molar-refractivity contribution in [3.8, 4) is 0 Å². The van der Waals surface area contributed by atoms with Crippen molar-refractivity contribution in [2.45, 2.75) is 58.8 Å². The highest BCUT2D eigenvalue weighted by Crippen LogP contribution is 2.55. The Bertz CT molecular complexity index is 1140. The number of aryl methyl sites for hydroxylation is 1. The first kappa shape index (κ1) is 19.8. The van der Waals surface area contributed by atoms with Crippen LogP contribution >= 0.6 is 0 Å². The molecule has 1 spiro atoms. The number of hydrogen-bond acceptors (Lipinski definition) is 5. The minimum Gasteiger partial charge on any atom is -0.387 e. The van der Waals surface area contributed by atoms with Crippen molar-refractivity contribution in [2.24, 2.45) is 5.41 Å². The van der Waals surface area contributed by atoms with Gasteiger partial charge in [0.2, 0.25) is 0 Å². The summed E-state index contributed by atoms with van der Waals surface area (Å²) in [5.74, 6) is 2.81. The Balaban J connectivity index is 1.27. The molecule has 0 unspecified atom stereocenters. The molecule has 0 atom stereocenters. The molecule has 2 aliphatic heterocycles. The molecule has 0 amide bonds. The van der Waals surface area contributed by atoms with Crippen LogP contribution in [0.3, 0.4) is 0 Å². The summed E-state index contributed by atoms with van der Waals surface area (Å²) in [5, 5.41) is 8.01. The summed E-state index contributed by atoms with van der Waals surface area (Å²) in [6, 6.07) is 4.32. The Morgan fingerprint density at radius 1 is 1.12 bits per heavy atom. The number of pyridine rings is 1. The Morgan fingerprint density at radius 2 is 1.91 bits per heavy atom. The first-order valence-corrected chi connectivity index (χ1v) is 12.0. The molecule has 5 heteroatoms.